The van der Waals surface area contributed by atoms with Gasteiger partial charge in [-0.25, -0.2) is 13.5 Å². The van der Waals surface area contributed by atoms with E-state index in [-0.39, 0.29) is 5.56 Å². The van der Waals surface area contributed by atoms with Gasteiger partial charge in [-0.1, -0.05) is 0 Å². The second-order valence-electron chi connectivity index (χ2n) is 5.22. The lowest BCUT2D eigenvalue weighted by Crippen LogP contribution is -2.26. The minimum absolute atomic E-state index is 0.252. The van der Waals surface area contributed by atoms with E-state index in [1.165, 1.54) is 10.7 Å². The molecule has 2 atom stereocenters. The van der Waals surface area contributed by atoms with Crippen LogP contribution in [0.1, 0.15) is 23.9 Å². The number of tetrazole rings is 1. The number of rotatable bonds is 3. The van der Waals surface area contributed by atoms with E-state index >= 15 is 0 Å². The number of benzene rings is 1. The van der Waals surface area contributed by atoms with Gasteiger partial charge in [-0.2, -0.15) is 0 Å². The van der Waals surface area contributed by atoms with Crippen LogP contribution in [0.15, 0.2) is 18.2 Å². The molecule has 6 nitrogen and oxygen atoms in total. The highest BCUT2D eigenvalue weighted by molar-refractivity contribution is 5.24. The van der Waals surface area contributed by atoms with Gasteiger partial charge in [-0.05, 0) is 35.0 Å². The molecule has 0 amide bonds. The molecule has 21 heavy (non-hydrogen) atoms. The molecule has 0 unspecified atom stereocenters. The zero-order valence-electron chi connectivity index (χ0n) is 11.4. The molecule has 0 aliphatic carbocycles. The van der Waals surface area contributed by atoms with Crippen LogP contribution >= 0.6 is 0 Å². The van der Waals surface area contributed by atoms with Crippen molar-refractivity contribution in [3.8, 4) is 0 Å². The molecule has 1 fully saturated rings. The lowest BCUT2D eigenvalue weighted by atomic mass is 10.0. The molecule has 2 heterocycles. The number of likely N-dealkylation sites (tertiary alicyclic amines) is 1. The minimum atomic E-state index is -0.584. The summed E-state index contributed by atoms with van der Waals surface area (Å²) in [6.45, 7) is 0.731. The van der Waals surface area contributed by atoms with Crippen LogP contribution in [-0.4, -0.2) is 42.9 Å². The van der Waals surface area contributed by atoms with Gasteiger partial charge >= 0.3 is 0 Å². The quantitative estimate of drug-likeness (QED) is 0.907. The molecule has 1 aromatic heterocycles. The zero-order chi connectivity index (χ0) is 15.0. The fourth-order valence-electron chi connectivity index (χ4n) is 2.71. The lowest BCUT2D eigenvalue weighted by molar-refractivity contribution is 0.170. The Morgan fingerprint density at radius 1 is 1.38 bits per heavy atom. The standard InChI is InChI=1S/C13H15F2N5O/c1-19-13(16-17-18-19)7-20-6-9(21)5-12(20)10-4-8(14)2-3-11(10)15/h2-4,9,12,21H,5-7H2,1H3/t9-,12+/m1/s1. The Balaban J connectivity index is 1.89. The second-order valence-corrected chi connectivity index (χ2v) is 5.22. The van der Waals surface area contributed by atoms with Gasteiger partial charge in [-0.15, -0.1) is 5.10 Å². The maximum Gasteiger partial charge on any atom is 0.165 e. The molecular weight excluding hydrogens is 280 g/mol. The van der Waals surface area contributed by atoms with Crippen molar-refractivity contribution < 1.29 is 13.9 Å². The largest absolute Gasteiger partial charge is 0.392 e. The van der Waals surface area contributed by atoms with Crippen molar-refractivity contribution in [1.29, 1.82) is 0 Å². The highest BCUT2D eigenvalue weighted by Gasteiger charge is 2.34. The number of aliphatic hydroxyl groups is 1. The van der Waals surface area contributed by atoms with E-state index in [2.05, 4.69) is 15.5 Å². The molecule has 2 aromatic rings. The zero-order valence-corrected chi connectivity index (χ0v) is 11.4. The van der Waals surface area contributed by atoms with Crippen LogP contribution in [0.5, 0.6) is 0 Å². The summed E-state index contributed by atoms with van der Waals surface area (Å²) in [4.78, 5) is 1.86. The van der Waals surface area contributed by atoms with Crippen LogP contribution in [-0.2, 0) is 13.6 Å². The number of halogens is 2. The first-order chi connectivity index (χ1) is 10.0. The Kier molecular flexibility index (Phi) is 3.64. The molecule has 3 rings (SSSR count). The van der Waals surface area contributed by atoms with Crippen LogP contribution < -0.4 is 0 Å². The normalized spacial score (nSPS) is 22.9. The number of hydrogen-bond donors (Lipinski definition) is 1. The lowest BCUT2D eigenvalue weighted by Gasteiger charge is -2.23. The molecule has 0 bridgehead atoms. The third kappa shape index (κ3) is 2.77. The molecule has 1 aliphatic rings. The van der Waals surface area contributed by atoms with Gasteiger partial charge < -0.3 is 5.11 Å². The fraction of sp³-hybridized carbons (Fsp3) is 0.462. The molecule has 8 heteroatoms. The van der Waals surface area contributed by atoms with E-state index in [4.69, 9.17) is 0 Å². The van der Waals surface area contributed by atoms with Crippen LogP contribution in [0.25, 0.3) is 0 Å². The van der Waals surface area contributed by atoms with Crippen molar-refractivity contribution in [2.45, 2.75) is 25.1 Å². The SMILES string of the molecule is Cn1nnnc1CN1C[C@H](O)C[C@H]1c1cc(F)ccc1F. The molecule has 1 saturated heterocycles. The molecule has 0 radical (unpaired) electrons. The Labute approximate surface area is 120 Å². The predicted molar refractivity (Wildman–Crippen MR) is 68.9 cm³/mol. The Morgan fingerprint density at radius 2 is 2.19 bits per heavy atom. The Hall–Kier alpha value is -1.93. The first-order valence-corrected chi connectivity index (χ1v) is 6.63. The smallest absolute Gasteiger partial charge is 0.165 e. The third-order valence-corrected chi connectivity index (χ3v) is 3.75. The topological polar surface area (TPSA) is 67.1 Å². The van der Waals surface area contributed by atoms with E-state index in [1.54, 1.807) is 7.05 Å². The van der Waals surface area contributed by atoms with E-state index < -0.39 is 23.8 Å². The van der Waals surface area contributed by atoms with E-state index in [0.29, 0.717) is 25.3 Å². The Morgan fingerprint density at radius 3 is 2.90 bits per heavy atom. The molecule has 112 valence electrons. The average molecular weight is 295 g/mol. The van der Waals surface area contributed by atoms with Crippen LogP contribution in [0.3, 0.4) is 0 Å². The Bertz CT molecular complexity index is 647. The maximum absolute atomic E-state index is 14.0. The summed E-state index contributed by atoms with van der Waals surface area (Å²) in [5.41, 5.74) is 0.252. The summed E-state index contributed by atoms with van der Waals surface area (Å²) in [5, 5.41) is 21.0. The van der Waals surface area contributed by atoms with Crippen molar-refractivity contribution in [3.63, 3.8) is 0 Å². The van der Waals surface area contributed by atoms with Gasteiger partial charge in [0, 0.05) is 25.2 Å². The number of aliphatic hydroxyl groups excluding tert-OH is 1. The molecular formula is C13H15F2N5O. The van der Waals surface area contributed by atoms with E-state index in [1.807, 2.05) is 4.90 Å². The summed E-state index contributed by atoms with van der Waals surface area (Å²) in [5.74, 6) is -0.365. The maximum atomic E-state index is 14.0. The summed E-state index contributed by atoms with van der Waals surface area (Å²) < 4.78 is 28.9. The predicted octanol–water partition coefficient (Wildman–Crippen LogP) is 0.796. The number of nitrogens with zero attached hydrogens (tertiary/aromatic N) is 5. The first-order valence-electron chi connectivity index (χ1n) is 6.63. The average Bonchev–Trinajstić information content (AvgIpc) is 3.00. The highest BCUT2D eigenvalue weighted by atomic mass is 19.1. The van der Waals surface area contributed by atoms with Crippen molar-refractivity contribution in [1.82, 2.24) is 25.1 Å². The first kappa shape index (κ1) is 14.0. The number of β-amino-alcohol motifs (C(OH)–C–C–N with tert-alkyl or cyclic N) is 1. The molecule has 0 saturated carbocycles. The number of aryl methyl sites for hydroxylation is 1. The van der Waals surface area contributed by atoms with Gasteiger partial charge in [0.05, 0.1) is 12.6 Å². The molecule has 1 aromatic carbocycles. The number of aromatic nitrogens is 4. The van der Waals surface area contributed by atoms with Crippen molar-refractivity contribution >= 4 is 0 Å². The van der Waals surface area contributed by atoms with Gasteiger partial charge in [0.25, 0.3) is 0 Å². The summed E-state index contributed by atoms with van der Waals surface area (Å²) >= 11 is 0. The second kappa shape index (κ2) is 5.45. The summed E-state index contributed by atoms with van der Waals surface area (Å²) in [7, 11) is 1.71. The highest BCUT2D eigenvalue weighted by Crippen LogP contribution is 2.34. The minimum Gasteiger partial charge on any atom is -0.392 e. The monoisotopic (exact) mass is 295 g/mol. The van der Waals surface area contributed by atoms with Gasteiger partial charge in [-0.3, -0.25) is 4.90 Å². The molecule has 1 N–H and O–H groups in total. The van der Waals surface area contributed by atoms with Gasteiger partial charge in [0.1, 0.15) is 11.6 Å². The van der Waals surface area contributed by atoms with Crippen LogP contribution in [0.2, 0.25) is 0 Å². The van der Waals surface area contributed by atoms with E-state index in [9.17, 15) is 13.9 Å². The summed E-state index contributed by atoms with van der Waals surface area (Å²) in [6.07, 6.45) is -0.232. The molecule has 1 aliphatic heterocycles. The number of hydrogen-bond acceptors (Lipinski definition) is 5. The van der Waals surface area contributed by atoms with Crippen molar-refractivity contribution in [2.24, 2.45) is 7.05 Å². The van der Waals surface area contributed by atoms with Gasteiger partial charge in [0.15, 0.2) is 5.82 Å². The van der Waals surface area contributed by atoms with Crippen LogP contribution in [0, 0.1) is 11.6 Å². The fourth-order valence-corrected chi connectivity index (χ4v) is 2.71. The van der Waals surface area contributed by atoms with Crippen molar-refractivity contribution in [3.05, 3.63) is 41.2 Å². The summed E-state index contributed by atoms with van der Waals surface area (Å²) in [6, 6.07) is 2.98. The van der Waals surface area contributed by atoms with Gasteiger partial charge in [0.2, 0.25) is 0 Å². The third-order valence-electron chi connectivity index (χ3n) is 3.75. The van der Waals surface area contributed by atoms with Crippen molar-refractivity contribution in [2.75, 3.05) is 6.54 Å². The van der Waals surface area contributed by atoms with E-state index in [0.717, 1.165) is 12.1 Å². The molecule has 0 spiro atoms. The van der Waals surface area contributed by atoms with Crippen LogP contribution in [0.4, 0.5) is 8.78 Å².